The van der Waals surface area contributed by atoms with Gasteiger partial charge in [0.1, 0.15) is 23.7 Å². The molecule has 29 heavy (non-hydrogen) atoms. The number of hydrogen-bond donors (Lipinski definition) is 2. The number of benzene rings is 1. The number of primary amides is 1. The van der Waals surface area contributed by atoms with Gasteiger partial charge in [-0.2, -0.15) is 0 Å². The molecule has 0 bridgehead atoms. The van der Waals surface area contributed by atoms with E-state index in [0.29, 0.717) is 52.7 Å². The van der Waals surface area contributed by atoms with Gasteiger partial charge in [-0.15, -0.1) is 0 Å². The molecule has 0 saturated carbocycles. The van der Waals surface area contributed by atoms with E-state index in [-0.39, 0.29) is 13.2 Å². The van der Waals surface area contributed by atoms with Crippen LogP contribution in [0.2, 0.25) is 0 Å². The van der Waals surface area contributed by atoms with Gasteiger partial charge in [0.05, 0.1) is 43.5 Å². The lowest BCUT2D eigenvalue weighted by atomic mass is 9.76. The van der Waals surface area contributed by atoms with Crippen LogP contribution in [0, 0.1) is 6.92 Å². The first-order valence-electron chi connectivity index (χ1n) is 9.16. The van der Waals surface area contributed by atoms with Crippen LogP contribution in [0.3, 0.4) is 0 Å². The van der Waals surface area contributed by atoms with Crippen LogP contribution in [0.4, 0.5) is 0 Å². The monoisotopic (exact) mass is 398 g/mol. The summed E-state index contributed by atoms with van der Waals surface area (Å²) >= 11 is 0. The molecule has 0 spiro atoms. The highest BCUT2D eigenvalue weighted by molar-refractivity contribution is 6.08. The number of nitrogens with zero attached hydrogens (tertiary/aromatic N) is 1. The van der Waals surface area contributed by atoms with Crippen molar-refractivity contribution < 1.29 is 28.5 Å². The van der Waals surface area contributed by atoms with Gasteiger partial charge in [-0.05, 0) is 31.2 Å². The topological polar surface area (TPSA) is 117 Å². The summed E-state index contributed by atoms with van der Waals surface area (Å²) in [4.78, 5) is 16.3. The number of nitrogens with two attached hydrogens (primary N) is 1. The number of aliphatic hydroxyl groups is 1. The molecule has 0 radical (unpaired) electrons. The molecule has 8 heteroatoms. The molecule has 8 nitrogen and oxygen atoms in total. The minimum absolute atomic E-state index is 0.166. The number of carbonyl (C=O) groups is 1. The number of rotatable bonds is 7. The molecule has 152 valence electrons. The molecule has 1 aliphatic rings. The molecule has 0 unspecified atom stereocenters. The Kier molecular flexibility index (Phi) is 4.89. The molecular formula is C21H22N2O6. The van der Waals surface area contributed by atoms with Crippen LogP contribution >= 0.6 is 0 Å². The molecule has 1 fully saturated rings. The average Bonchev–Trinajstić information content (AvgIpc) is 3.03. The maximum absolute atomic E-state index is 12.1. The number of methoxy groups -OCH3 is 1. The van der Waals surface area contributed by atoms with Crippen LogP contribution in [0.25, 0.3) is 11.0 Å². The molecule has 0 atom stereocenters. The summed E-state index contributed by atoms with van der Waals surface area (Å²) in [5, 5.41) is 10.7. The maximum Gasteiger partial charge on any atom is 0.252 e. The predicted octanol–water partition coefficient (Wildman–Crippen LogP) is 2.08. The van der Waals surface area contributed by atoms with Gasteiger partial charge in [-0.1, -0.05) is 0 Å². The van der Waals surface area contributed by atoms with E-state index in [2.05, 4.69) is 4.98 Å². The Balaban J connectivity index is 1.85. The number of furan rings is 1. The molecular weight excluding hydrogens is 376 g/mol. The van der Waals surface area contributed by atoms with Crippen molar-refractivity contribution in [2.75, 3.05) is 26.9 Å². The Morgan fingerprint density at radius 3 is 2.76 bits per heavy atom. The molecule has 1 aromatic carbocycles. The second-order valence-electron chi connectivity index (χ2n) is 7.10. The van der Waals surface area contributed by atoms with E-state index >= 15 is 0 Å². The number of aryl methyl sites for hydroxylation is 1. The molecule has 0 aliphatic carbocycles. The zero-order valence-corrected chi connectivity index (χ0v) is 16.2. The highest BCUT2D eigenvalue weighted by Crippen LogP contribution is 2.45. The van der Waals surface area contributed by atoms with Gasteiger partial charge in [0.25, 0.3) is 5.91 Å². The number of aliphatic hydroxyl groups excluding tert-OH is 1. The smallest absolute Gasteiger partial charge is 0.252 e. The molecule has 1 amide bonds. The number of amides is 1. The molecule has 3 aromatic rings. The molecule has 2 aromatic heterocycles. The van der Waals surface area contributed by atoms with Gasteiger partial charge >= 0.3 is 0 Å². The highest BCUT2D eigenvalue weighted by atomic mass is 16.5. The van der Waals surface area contributed by atoms with E-state index in [4.69, 9.17) is 24.4 Å². The van der Waals surface area contributed by atoms with Crippen LogP contribution in [0.5, 0.6) is 11.6 Å². The number of pyridine rings is 1. The first-order valence-corrected chi connectivity index (χ1v) is 9.16. The van der Waals surface area contributed by atoms with Gasteiger partial charge < -0.3 is 29.5 Å². The molecule has 1 saturated heterocycles. The number of ether oxygens (including phenoxy) is 3. The van der Waals surface area contributed by atoms with Crippen LogP contribution < -0.4 is 15.2 Å². The van der Waals surface area contributed by atoms with Crippen molar-refractivity contribution in [3.05, 3.63) is 52.9 Å². The fraction of sp³-hybridized carbons (Fsp3) is 0.333. The van der Waals surface area contributed by atoms with Crippen LogP contribution in [-0.2, 0) is 16.8 Å². The van der Waals surface area contributed by atoms with Gasteiger partial charge in [0.15, 0.2) is 0 Å². The predicted molar refractivity (Wildman–Crippen MR) is 104 cm³/mol. The van der Waals surface area contributed by atoms with Crippen molar-refractivity contribution in [3.8, 4) is 11.6 Å². The van der Waals surface area contributed by atoms with Crippen molar-refractivity contribution in [3.63, 3.8) is 0 Å². The van der Waals surface area contributed by atoms with E-state index in [1.54, 1.807) is 38.4 Å². The summed E-state index contributed by atoms with van der Waals surface area (Å²) in [5.74, 6) is 0.815. The van der Waals surface area contributed by atoms with E-state index < -0.39 is 11.3 Å². The van der Waals surface area contributed by atoms with Crippen molar-refractivity contribution in [2.45, 2.75) is 18.9 Å². The number of aromatic nitrogens is 1. The zero-order valence-electron chi connectivity index (χ0n) is 16.2. The SMILES string of the molecule is COc1ncccc1COc1ccc2oc(C)c(C(N)=O)c2c1C1(CO)COC1. The molecule has 3 N–H and O–H groups in total. The number of fused-ring (bicyclic) bond motifs is 1. The summed E-state index contributed by atoms with van der Waals surface area (Å²) in [6, 6.07) is 7.16. The second-order valence-corrected chi connectivity index (χ2v) is 7.10. The lowest BCUT2D eigenvalue weighted by Crippen LogP contribution is -2.50. The first kappa shape index (κ1) is 19.2. The lowest BCUT2D eigenvalue weighted by Gasteiger charge is -2.41. The van der Waals surface area contributed by atoms with E-state index in [1.165, 1.54) is 0 Å². The largest absolute Gasteiger partial charge is 0.488 e. The van der Waals surface area contributed by atoms with Crippen LogP contribution in [0.1, 0.15) is 27.2 Å². The maximum atomic E-state index is 12.1. The van der Waals surface area contributed by atoms with Gasteiger partial charge in [0, 0.05) is 17.1 Å². The van der Waals surface area contributed by atoms with Crippen molar-refractivity contribution in [2.24, 2.45) is 5.73 Å². The Morgan fingerprint density at radius 1 is 1.34 bits per heavy atom. The lowest BCUT2D eigenvalue weighted by molar-refractivity contribution is -0.0844. The summed E-state index contributed by atoms with van der Waals surface area (Å²) < 4.78 is 22.6. The molecule has 4 rings (SSSR count). The Morgan fingerprint density at radius 2 is 2.14 bits per heavy atom. The Hall–Kier alpha value is -3.10. The van der Waals surface area contributed by atoms with Crippen molar-refractivity contribution in [1.29, 1.82) is 0 Å². The van der Waals surface area contributed by atoms with Gasteiger partial charge in [0.2, 0.25) is 5.88 Å². The minimum Gasteiger partial charge on any atom is -0.488 e. The fourth-order valence-electron chi connectivity index (χ4n) is 3.77. The third kappa shape index (κ3) is 3.10. The highest BCUT2D eigenvalue weighted by Gasteiger charge is 2.44. The number of carbonyl (C=O) groups excluding carboxylic acids is 1. The van der Waals surface area contributed by atoms with Crippen LogP contribution in [-0.4, -0.2) is 42.9 Å². The summed E-state index contributed by atoms with van der Waals surface area (Å²) in [7, 11) is 1.54. The van der Waals surface area contributed by atoms with Crippen molar-refractivity contribution >= 4 is 16.9 Å². The first-order chi connectivity index (χ1) is 14.0. The van der Waals surface area contributed by atoms with Gasteiger partial charge in [-0.3, -0.25) is 4.79 Å². The molecule has 1 aliphatic heterocycles. The van der Waals surface area contributed by atoms with Crippen molar-refractivity contribution in [1.82, 2.24) is 4.98 Å². The Bertz CT molecular complexity index is 1060. The fourth-order valence-corrected chi connectivity index (χ4v) is 3.77. The average molecular weight is 398 g/mol. The third-order valence-corrected chi connectivity index (χ3v) is 5.26. The van der Waals surface area contributed by atoms with E-state index in [9.17, 15) is 9.90 Å². The third-order valence-electron chi connectivity index (χ3n) is 5.26. The second kappa shape index (κ2) is 7.38. The summed E-state index contributed by atoms with van der Waals surface area (Å²) in [5.41, 5.74) is 7.17. The molecule has 3 heterocycles. The van der Waals surface area contributed by atoms with E-state index in [0.717, 1.165) is 5.56 Å². The summed E-state index contributed by atoms with van der Waals surface area (Å²) in [6.07, 6.45) is 1.64. The van der Waals surface area contributed by atoms with E-state index in [1.807, 2.05) is 6.07 Å². The standard InChI is InChI=1S/C21H22N2O6/c1-12-16(19(22)25)17-14(29-12)5-6-15(18(17)21(9-24)10-27-11-21)28-8-13-4-3-7-23-20(13)26-2/h3-7,24H,8-11H2,1-2H3,(H2,22,25). The normalized spacial score (nSPS) is 15.1. The minimum atomic E-state index is -0.700. The Labute approximate surface area is 167 Å². The summed E-state index contributed by atoms with van der Waals surface area (Å²) in [6.45, 7) is 2.32. The number of hydrogen-bond acceptors (Lipinski definition) is 7. The zero-order chi connectivity index (χ0) is 20.6. The van der Waals surface area contributed by atoms with Crippen LogP contribution in [0.15, 0.2) is 34.9 Å². The quantitative estimate of drug-likeness (QED) is 0.626. The van der Waals surface area contributed by atoms with Gasteiger partial charge in [-0.25, -0.2) is 4.98 Å².